The maximum absolute atomic E-state index is 15.2. The molecule has 0 saturated carbocycles. The number of benzene rings is 2. The van der Waals surface area contributed by atoms with Crippen LogP contribution in [0.25, 0.3) is 0 Å². The third-order valence-corrected chi connectivity index (χ3v) is 6.39. The second kappa shape index (κ2) is 9.42. The Morgan fingerprint density at radius 3 is 2.71 bits per heavy atom. The number of nitrogens with zero attached hydrogens (tertiary/aromatic N) is 1. The Balaban J connectivity index is 1.42. The largest absolute Gasteiger partial charge is 0.334 e. The van der Waals surface area contributed by atoms with E-state index in [1.807, 2.05) is 13.8 Å². The normalized spacial score (nSPS) is 17.6. The molecule has 5 amide bonds. The molecule has 2 aromatic carbocycles. The SMILES string of the molecule is CC(C)c1cc(NC(=O)NCc2ccc3c(c2F)CN(C2CCC(=O)NC2=O)C3=O)ccc1Cl. The van der Waals surface area contributed by atoms with Crippen molar-refractivity contribution in [1.82, 2.24) is 15.5 Å². The van der Waals surface area contributed by atoms with E-state index in [-0.39, 0.29) is 54.4 Å². The van der Waals surface area contributed by atoms with Gasteiger partial charge in [0.05, 0.1) is 6.54 Å². The smallest absolute Gasteiger partial charge is 0.319 e. The van der Waals surface area contributed by atoms with Gasteiger partial charge in [-0.15, -0.1) is 0 Å². The van der Waals surface area contributed by atoms with Crippen molar-refractivity contribution >= 4 is 41.0 Å². The van der Waals surface area contributed by atoms with Crippen LogP contribution in [0.3, 0.4) is 0 Å². The highest BCUT2D eigenvalue weighted by molar-refractivity contribution is 6.31. The number of carbonyl (C=O) groups excluding carboxylic acids is 4. The maximum Gasteiger partial charge on any atom is 0.319 e. The number of nitrogens with one attached hydrogen (secondary N) is 3. The molecule has 10 heteroatoms. The zero-order valence-corrected chi connectivity index (χ0v) is 19.5. The van der Waals surface area contributed by atoms with Crippen LogP contribution in [-0.2, 0) is 22.7 Å². The molecular weight excluding hydrogens is 463 g/mol. The van der Waals surface area contributed by atoms with Gasteiger partial charge in [0.25, 0.3) is 5.91 Å². The zero-order valence-electron chi connectivity index (χ0n) is 18.7. The fourth-order valence-electron chi connectivity index (χ4n) is 4.20. The summed E-state index contributed by atoms with van der Waals surface area (Å²) in [4.78, 5) is 50.0. The topological polar surface area (TPSA) is 108 Å². The summed E-state index contributed by atoms with van der Waals surface area (Å²) in [6.07, 6.45) is 0.319. The molecule has 8 nitrogen and oxygen atoms in total. The monoisotopic (exact) mass is 486 g/mol. The average molecular weight is 487 g/mol. The van der Waals surface area contributed by atoms with E-state index in [0.717, 1.165) is 5.56 Å². The van der Waals surface area contributed by atoms with Crippen LogP contribution in [-0.4, -0.2) is 34.7 Å². The van der Waals surface area contributed by atoms with Crippen LogP contribution < -0.4 is 16.0 Å². The second-order valence-electron chi connectivity index (χ2n) is 8.66. The summed E-state index contributed by atoms with van der Waals surface area (Å²) in [7, 11) is 0. The summed E-state index contributed by atoms with van der Waals surface area (Å²) in [6, 6.07) is 6.78. The molecule has 0 radical (unpaired) electrons. The molecule has 34 heavy (non-hydrogen) atoms. The third-order valence-electron chi connectivity index (χ3n) is 6.04. The van der Waals surface area contributed by atoms with E-state index >= 15 is 4.39 Å². The fourth-order valence-corrected chi connectivity index (χ4v) is 4.54. The predicted molar refractivity (Wildman–Crippen MR) is 124 cm³/mol. The average Bonchev–Trinajstić information content (AvgIpc) is 3.11. The lowest BCUT2D eigenvalue weighted by Crippen LogP contribution is -2.52. The van der Waals surface area contributed by atoms with Gasteiger partial charge in [-0.1, -0.05) is 31.5 Å². The highest BCUT2D eigenvalue weighted by Gasteiger charge is 2.40. The van der Waals surface area contributed by atoms with Gasteiger partial charge in [-0.05, 0) is 42.2 Å². The van der Waals surface area contributed by atoms with Gasteiger partial charge >= 0.3 is 6.03 Å². The number of hydrogen-bond donors (Lipinski definition) is 3. The Morgan fingerprint density at radius 1 is 1.24 bits per heavy atom. The van der Waals surface area contributed by atoms with E-state index in [0.29, 0.717) is 10.7 Å². The lowest BCUT2D eigenvalue weighted by Gasteiger charge is -2.29. The van der Waals surface area contributed by atoms with Crippen molar-refractivity contribution in [3.05, 3.63) is 63.4 Å². The Morgan fingerprint density at radius 2 is 2.00 bits per heavy atom. The molecule has 0 aromatic heterocycles. The first-order valence-corrected chi connectivity index (χ1v) is 11.3. The molecule has 1 unspecified atom stereocenters. The number of piperidine rings is 1. The van der Waals surface area contributed by atoms with Gasteiger partial charge in [-0.3, -0.25) is 19.7 Å². The number of fused-ring (bicyclic) bond motifs is 1. The molecule has 2 heterocycles. The molecule has 0 aliphatic carbocycles. The standard InChI is InChI=1S/C24H24ClFN4O4/c1-12(2)16-9-14(4-6-18(16)25)28-24(34)27-10-13-3-5-15-17(21(13)26)11-30(23(15)33)19-7-8-20(31)29-22(19)32/h3-6,9,12,19H,7-8,10-11H2,1-2H3,(H2,27,28,34)(H,29,31,32). The summed E-state index contributed by atoms with van der Waals surface area (Å²) in [5.74, 6) is -1.82. The molecule has 0 bridgehead atoms. The van der Waals surface area contributed by atoms with Crippen molar-refractivity contribution in [2.45, 2.75) is 51.7 Å². The minimum Gasteiger partial charge on any atom is -0.334 e. The third kappa shape index (κ3) is 4.61. The van der Waals surface area contributed by atoms with Crippen molar-refractivity contribution in [2.24, 2.45) is 0 Å². The summed E-state index contributed by atoms with van der Waals surface area (Å²) in [6.45, 7) is 3.82. The first-order valence-electron chi connectivity index (χ1n) is 10.9. The molecule has 0 spiro atoms. The van der Waals surface area contributed by atoms with Gasteiger partial charge in [0.2, 0.25) is 11.8 Å². The van der Waals surface area contributed by atoms with Gasteiger partial charge in [-0.2, -0.15) is 0 Å². The Labute approximate surface area is 200 Å². The van der Waals surface area contributed by atoms with Crippen LogP contribution >= 0.6 is 11.6 Å². The van der Waals surface area contributed by atoms with E-state index in [2.05, 4.69) is 16.0 Å². The molecule has 2 aliphatic rings. The summed E-state index contributed by atoms with van der Waals surface area (Å²) in [5, 5.41) is 8.15. The molecule has 3 N–H and O–H groups in total. The van der Waals surface area contributed by atoms with Crippen molar-refractivity contribution < 1.29 is 23.6 Å². The molecule has 1 atom stereocenters. The lowest BCUT2D eigenvalue weighted by molar-refractivity contribution is -0.136. The second-order valence-corrected chi connectivity index (χ2v) is 9.07. The first kappa shape index (κ1) is 23.7. The van der Waals surface area contributed by atoms with Gasteiger partial charge < -0.3 is 15.5 Å². The summed E-state index contributed by atoms with van der Waals surface area (Å²) < 4.78 is 15.2. The molecule has 178 valence electrons. The first-order chi connectivity index (χ1) is 16.2. The maximum atomic E-state index is 15.2. The zero-order chi connectivity index (χ0) is 24.6. The molecule has 1 saturated heterocycles. The van der Waals surface area contributed by atoms with Crippen molar-refractivity contribution in [3.63, 3.8) is 0 Å². The summed E-state index contributed by atoms with van der Waals surface area (Å²) in [5.41, 5.74) is 2.03. The number of imide groups is 1. The predicted octanol–water partition coefficient (Wildman–Crippen LogP) is 3.69. The van der Waals surface area contributed by atoms with Gasteiger partial charge in [0.1, 0.15) is 11.9 Å². The number of rotatable bonds is 5. The molecule has 1 fully saturated rings. The van der Waals surface area contributed by atoms with E-state index < -0.39 is 29.7 Å². The van der Waals surface area contributed by atoms with E-state index in [1.165, 1.54) is 17.0 Å². The van der Waals surface area contributed by atoms with Crippen molar-refractivity contribution in [1.29, 1.82) is 0 Å². The van der Waals surface area contributed by atoms with Crippen LogP contribution in [0.15, 0.2) is 30.3 Å². The lowest BCUT2D eigenvalue weighted by atomic mass is 10.0. The molecule has 2 aromatic rings. The number of urea groups is 1. The van der Waals surface area contributed by atoms with Gasteiger partial charge in [-0.25, -0.2) is 9.18 Å². The molecular formula is C24H24ClFN4O4. The van der Waals surface area contributed by atoms with Crippen LogP contribution in [0.4, 0.5) is 14.9 Å². The van der Waals surface area contributed by atoms with Crippen LogP contribution in [0.2, 0.25) is 5.02 Å². The van der Waals surface area contributed by atoms with E-state index in [4.69, 9.17) is 11.6 Å². The highest BCUT2D eigenvalue weighted by atomic mass is 35.5. The number of hydrogen-bond acceptors (Lipinski definition) is 4. The number of amides is 5. The van der Waals surface area contributed by atoms with Crippen LogP contribution in [0, 0.1) is 5.82 Å². The fraction of sp³-hybridized carbons (Fsp3) is 0.333. The Bertz CT molecular complexity index is 1200. The minimum atomic E-state index is -0.820. The number of halogens is 2. The highest BCUT2D eigenvalue weighted by Crippen LogP contribution is 2.31. The van der Waals surface area contributed by atoms with Crippen LogP contribution in [0.1, 0.15) is 59.7 Å². The quantitative estimate of drug-likeness (QED) is 0.560. The minimum absolute atomic E-state index is 0.0743. The van der Waals surface area contributed by atoms with Crippen molar-refractivity contribution in [2.75, 3.05) is 5.32 Å². The molecule has 4 rings (SSSR count). The van der Waals surface area contributed by atoms with E-state index in [1.54, 1.807) is 18.2 Å². The van der Waals surface area contributed by atoms with E-state index in [9.17, 15) is 19.2 Å². The van der Waals surface area contributed by atoms with Crippen LogP contribution in [0.5, 0.6) is 0 Å². The van der Waals surface area contributed by atoms with Crippen molar-refractivity contribution in [3.8, 4) is 0 Å². The number of anilines is 1. The molecule has 2 aliphatic heterocycles. The van der Waals surface area contributed by atoms with Gasteiger partial charge in [0.15, 0.2) is 0 Å². The summed E-state index contributed by atoms with van der Waals surface area (Å²) >= 11 is 6.18. The number of carbonyl (C=O) groups is 4. The Hall–Kier alpha value is -3.46. The Kier molecular flexibility index (Phi) is 6.56. The van der Waals surface area contributed by atoms with Gasteiger partial charge in [0, 0.05) is 40.4 Å².